The summed E-state index contributed by atoms with van der Waals surface area (Å²) in [5, 5.41) is 10.0. The lowest BCUT2D eigenvalue weighted by atomic mass is 10.1. The van der Waals surface area contributed by atoms with Gasteiger partial charge in [0.15, 0.2) is 11.5 Å². The number of ether oxygens (including phenoxy) is 1. The number of methoxy groups -OCH3 is 1. The van der Waals surface area contributed by atoms with Crippen LogP contribution in [0.4, 0.5) is 0 Å². The van der Waals surface area contributed by atoms with Gasteiger partial charge >= 0.3 is 0 Å². The molecule has 98 valence electrons. The Hall–Kier alpha value is -1.71. The Morgan fingerprint density at radius 2 is 2.22 bits per heavy atom. The van der Waals surface area contributed by atoms with E-state index in [1.54, 1.807) is 18.2 Å². The SMILES string of the molecule is CCCN(C(=O)c1cccc(OC)c1O)C1CC1. The molecule has 1 amide bonds. The highest BCUT2D eigenvalue weighted by Crippen LogP contribution is 2.33. The van der Waals surface area contributed by atoms with Crippen molar-refractivity contribution in [2.24, 2.45) is 0 Å². The molecule has 0 aromatic heterocycles. The van der Waals surface area contributed by atoms with Gasteiger partial charge in [0, 0.05) is 12.6 Å². The first-order valence-electron chi connectivity index (χ1n) is 6.36. The van der Waals surface area contributed by atoms with E-state index in [1.165, 1.54) is 7.11 Å². The standard InChI is InChI=1S/C14H19NO3/c1-3-9-15(10-7-8-10)14(17)11-5-4-6-12(18-2)13(11)16/h4-6,10,16H,3,7-9H2,1-2H3. The average molecular weight is 249 g/mol. The van der Waals surface area contributed by atoms with Gasteiger partial charge in [-0.3, -0.25) is 4.79 Å². The third-order valence-corrected chi connectivity index (χ3v) is 3.16. The summed E-state index contributed by atoms with van der Waals surface area (Å²) in [5.74, 6) is 0.176. The molecular weight excluding hydrogens is 230 g/mol. The summed E-state index contributed by atoms with van der Waals surface area (Å²) in [6.07, 6.45) is 3.06. The van der Waals surface area contributed by atoms with Crippen molar-refractivity contribution < 1.29 is 14.6 Å². The Bertz CT molecular complexity index is 441. The van der Waals surface area contributed by atoms with Crippen LogP contribution in [0, 0.1) is 0 Å². The third-order valence-electron chi connectivity index (χ3n) is 3.16. The average Bonchev–Trinajstić information content (AvgIpc) is 3.20. The molecule has 1 aromatic carbocycles. The van der Waals surface area contributed by atoms with Gasteiger partial charge < -0.3 is 14.7 Å². The van der Waals surface area contributed by atoms with Crippen LogP contribution in [0.5, 0.6) is 11.5 Å². The van der Waals surface area contributed by atoms with E-state index < -0.39 is 0 Å². The van der Waals surface area contributed by atoms with Gasteiger partial charge in [0.2, 0.25) is 0 Å². The highest BCUT2D eigenvalue weighted by Gasteiger charge is 2.33. The summed E-state index contributed by atoms with van der Waals surface area (Å²) in [6, 6.07) is 5.37. The molecule has 18 heavy (non-hydrogen) atoms. The molecule has 0 aliphatic heterocycles. The predicted octanol–water partition coefficient (Wildman–Crippen LogP) is 2.42. The molecule has 1 saturated carbocycles. The first kappa shape index (κ1) is 12.7. The Labute approximate surface area is 107 Å². The van der Waals surface area contributed by atoms with E-state index in [-0.39, 0.29) is 11.7 Å². The van der Waals surface area contributed by atoms with Crippen molar-refractivity contribution in [3.8, 4) is 11.5 Å². The lowest BCUT2D eigenvalue weighted by Gasteiger charge is -2.22. The topological polar surface area (TPSA) is 49.8 Å². The number of nitrogens with zero attached hydrogens (tertiary/aromatic N) is 1. The summed E-state index contributed by atoms with van der Waals surface area (Å²) in [6.45, 7) is 2.79. The lowest BCUT2D eigenvalue weighted by Crippen LogP contribution is -2.33. The maximum absolute atomic E-state index is 12.4. The minimum absolute atomic E-state index is 0.0632. The zero-order valence-corrected chi connectivity index (χ0v) is 10.8. The first-order valence-corrected chi connectivity index (χ1v) is 6.36. The molecule has 0 heterocycles. The molecule has 1 fully saturated rings. The number of hydrogen-bond acceptors (Lipinski definition) is 3. The maximum atomic E-state index is 12.4. The fourth-order valence-electron chi connectivity index (χ4n) is 2.09. The van der Waals surface area contributed by atoms with E-state index in [1.807, 2.05) is 11.8 Å². The second kappa shape index (κ2) is 5.29. The van der Waals surface area contributed by atoms with Crippen LogP contribution in [0.15, 0.2) is 18.2 Å². The number of rotatable bonds is 5. The van der Waals surface area contributed by atoms with Crippen molar-refractivity contribution in [2.45, 2.75) is 32.2 Å². The van der Waals surface area contributed by atoms with E-state index in [4.69, 9.17) is 4.74 Å². The Balaban J connectivity index is 2.26. The minimum Gasteiger partial charge on any atom is -0.504 e. The number of aromatic hydroxyl groups is 1. The molecule has 4 heteroatoms. The molecule has 1 aromatic rings. The van der Waals surface area contributed by atoms with E-state index in [0.29, 0.717) is 17.4 Å². The molecule has 0 saturated heterocycles. The third kappa shape index (κ3) is 2.42. The molecule has 0 radical (unpaired) electrons. The van der Waals surface area contributed by atoms with Crippen molar-refractivity contribution in [1.82, 2.24) is 4.90 Å². The van der Waals surface area contributed by atoms with Gasteiger partial charge in [-0.2, -0.15) is 0 Å². The van der Waals surface area contributed by atoms with Crippen LogP contribution in [0.25, 0.3) is 0 Å². The number of hydrogen-bond donors (Lipinski definition) is 1. The van der Waals surface area contributed by atoms with Crippen LogP contribution in [-0.4, -0.2) is 35.6 Å². The van der Waals surface area contributed by atoms with Gasteiger partial charge in [-0.05, 0) is 31.4 Å². The molecule has 1 aliphatic rings. The fraction of sp³-hybridized carbons (Fsp3) is 0.500. The van der Waals surface area contributed by atoms with E-state index in [9.17, 15) is 9.90 Å². The monoisotopic (exact) mass is 249 g/mol. The number of phenols is 1. The largest absolute Gasteiger partial charge is 0.504 e. The van der Waals surface area contributed by atoms with Crippen LogP contribution >= 0.6 is 0 Å². The number of amides is 1. The number of carbonyl (C=O) groups is 1. The molecule has 1 aliphatic carbocycles. The normalized spacial score (nSPS) is 14.3. The second-order valence-corrected chi connectivity index (χ2v) is 4.59. The molecular formula is C14H19NO3. The summed E-state index contributed by atoms with van der Waals surface area (Å²) < 4.78 is 5.03. The van der Waals surface area contributed by atoms with Gasteiger partial charge in [-0.25, -0.2) is 0 Å². The minimum atomic E-state index is -0.101. The fourth-order valence-corrected chi connectivity index (χ4v) is 2.09. The maximum Gasteiger partial charge on any atom is 0.258 e. The highest BCUT2D eigenvalue weighted by atomic mass is 16.5. The molecule has 0 bridgehead atoms. The number of benzene rings is 1. The van der Waals surface area contributed by atoms with Gasteiger partial charge in [0.05, 0.1) is 12.7 Å². The second-order valence-electron chi connectivity index (χ2n) is 4.59. The molecule has 0 atom stereocenters. The van der Waals surface area contributed by atoms with Gasteiger partial charge in [-0.15, -0.1) is 0 Å². The van der Waals surface area contributed by atoms with E-state index in [0.717, 1.165) is 25.8 Å². The number of carbonyl (C=O) groups excluding carboxylic acids is 1. The number of para-hydroxylation sites is 1. The zero-order chi connectivity index (χ0) is 13.1. The van der Waals surface area contributed by atoms with Gasteiger partial charge in [0.25, 0.3) is 5.91 Å². The van der Waals surface area contributed by atoms with Crippen LogP contribution < -0.4 is 4.74 Å². The van der Waals surface area contributed by atoms with Crippen molar-refractivity contribution in [2.75, 3.05) is 13.7 Å². The smallest absolute Gasteiger partial charge is 0.258 e. The van der Waals surface area contributed by atoms with E-state index in [2.05, 4.69) is 0 Å². The highest BCUT2D eigenvalue weighted by molar-refractivity contribution is 5.98. The summed E-state index contributed by atoms with van der Waals surface area (Å²) in [5.41, 5.74) is 0.328. The lowest BCUT2D eigenvalue weighted by molar-refractivity contribution is 0.0739. The Morgan fingerprint density at radius 3 is 2.78 bits per heavy atom. The molecule has 4 nitrogen and oxygen atoms in total. The van der Waals surface area contributed by atoms with Gasteiger partial charge in [0.1, 0.15) is 0 Å². The Morgan fingerprint density at radius 1 is 1.50 bits per heavy atom. The van der Waals surface area contributed by atoms with Crippen LogP contribution in [0.3, 0.4) is 0 Å². The van der Waals surface area contributed by atoms with Crippen molar-refractivity contribution >= 4 is 5.91 Å². The summed E-state index contributed by atoms with van der Waals surface area (Å²) >= 11 is 0. The molecule has 2 rings (SSSR count). The summed E-state index contributed by atoms with van der Waals surface area (Å²) in [7, 11) is 1.48. The predicted molar refractivity (Wildman–Crippen MR) is 69.0 cm³/mol. The quantitative estimate of drug-likeness (QED) is 0.871. The van der Waals surface area contributed by atoms with Crippen LogP contribution in [0.2, 0.25) is 0 Å². The molecule has 0 unspecified atom stereocenters. The van der Waals surface area contributed by atoms with Crippen molar-refractivity contribution in [1.29, 1.82) is 0 Å². The van der Waals surface area contributed by atoms with E-state index >= 15 is 0 Å². The first-order chi connectivity index (χ1) is 8.69. The van der Waals surface area contributed by atoms with Crippen molar-refractivity contribution in [3.63, 3.8) is 0 Å². The zero-order valence-electron chi connectivity index (χ0n) is 10.8. The van der Waals surface area contributed by atoms with Crippen molar-refractivity contribution in [3.05, 3.63) is 23.8 Å². The van der Waals surface area contributed by atoms with Crippen LogP contribution in [0.1, 0.15) is 36.5 Å². The van der Waals surface area contributed by atoms with Gasteiger partial charge in [-0.1, -0.05) is 13.0 Å². The van der Waals surface area contributed by atoms with Crippen LogP contribution in [-0.2, 0) is 0 Å². The molecule has 1 N–H and O–H groups in total. The number of phenolic OH excluding ortho intramolecular Hbond substituents is 1. The molecule has 0 spiro atoms. The summed E-state index contributed by atoms with van der Waals surface area (Å²) in [4.78, 5) is 14.3. The Kier molecular flexibility index (Phi) is 3.75.